The Balaban J connectivity index is 1.48. The van der Waals surface area contributed by atoms with Gasteiger partial charge in [-0.05, 0) is 50.5 Å². The van der Waals surface area contributed by atoms with Crippen molar-refractivity contribution < 1.29 is 14.4 Å². The van der Waals surface area contributed by atoms with Crippen LogP contribution in [0.4, 0.5) is 4.79 Å². The molecular formula is C20H21N5O3. The lowest BCUT2D eigenvalue weighted by molar-refractivity contribution is -0.129. The van der Waals surface area contributed by atoms with Gasteiger partial charge in [-0.2, -0.15) is 5.26 Å². The van der Waals surface area contributed by atoms with E-state index in [2.05, 4.69) is 10.6 Å². The molecular weight excluding hydrogens is 358 g/mol. The number of nitrogens with zero attached hydrogens (tertiary/aromatic N) is 3. The highest BCUT2D eigenvalue weighted by Gasteiger charge is 2.37. The molecule has 2 N–H and O–H groups in total. The van der Waals surface area contributed by atoms with Gasteiger partial charge in [0.1, 0.15) is 12.6 Å². The number of carbonyl (C=O) groups excluding carboxylic acids is 3. The molecule has 0 spiro atoms. The first kappa shape index (κ1) is 18.0. The maximum absolute atomic E-state index is 12.6. The molecule has 2 fully saturated rings. The van der Waals surface area contributed by atoms with Crippen LogP contribution in [-0.4, -0.2) is 52.0 Å². The van der Waals surface area contributed by atoms with E-state index in [0.717, 1.165) is 23.7 Å². The second-order valence-corrected chi connectivity index (χ2v) is 7.42. The number of rotatable bonds is 4. The number of benzene rings is 1. The van der Waals surface area contributed by atoms with Crippen LogP contribution >= 0.6 is 0 Å². The van der Waals surface area contributed by atoms with Gasteiger partial charge in [-0.15, -0.1) is 0 Å². The van der Waals surface area contributed by atoms with Crippen LogP contribution < -0.4 is 10.6 Å². The van der Waals surface area contributed by atoms with Crippen molar-refractivity contribution in [2.45, 2.75) is 44.3 Å². The number of nitriles is 1. The number of carbonyl (C=O) groups is 3. The second-order valence-electron chi connectivity index (χ2n) is 7.42. The zero-order valence-electron chi connectivity index (χ0n) is 15.5. The molecule has 1 aliphatic carbocycles. The number of likely N-dealkylation sites (tertiary alicyclic amines) is 1. The van der Waals surface area contributed by atoms with Gasteiger partial charge in [0, 0.05) is 29.2 Å². The van der Waals surface area contributed by atoms with Gasteiger partial charge in [0.25, 0.3) is 5.91 Å². The molecule has 2 unspecified atom stereocenters. The van der Waals surface area contributed by atoms with Gasteiger partial charge in [0.2, 0.25) is 5.91 Å². The van der Waals surface area contributed by atoms with Crippen molar-refractivity contribution >= 4 is 28.7 Å². The van der Waals surface area contributed by atoms with Crippen molar-refractivity contribution in [1.29, 1.82) is 5.26 Å². The van der Waals surface area contributed by atoms with E-state index in [-0.39, 0.29) is 36.5 Å². The largest absolute Gasteiger partial charge is 0.340 e. The molecule has 1 saturated carbocycles. The first-order valence-electron chi connectivity index (χ1n) is 9.38. The Hall–Kier alpha value is -3.34. The minimum atomic E-state index is -0.625. The quantitative estimate of drug-likeness (QED) is 0.787. The summed E-state index contributed by atoms with van der Waals surface area (Å²) in [6.07, 6.45) is 4.19. The topological polar surface area (TPSA) is 107 Å². The molecule has 2 heterocycles. The monoisotopic (exact) mass is 379 g/mol. The average molecular weight is 379 g/mol. The molecule has 2 aromatic rings. The van der Waals surface area contributed by atoms with Crippen LogP contribution in [0.2, 0.25) is 0 Å². The molecule has 28 heavy (non-hydrogen) atoms. The lowest BCUT2D eigenvalue weighted by Crippen LogP contribution is -2.41. The maximum atomic E-state index is 12.6. The van der Waals surface area contributed by atoms with E-state index < -0.39 is 6.04 Å². The summed E-state index contributed by atoms with van der Waals surface area (Å²) >= 11 is 0. The molecule has 3 amide bonds. The highest BCUT2D eigenvalue weighted by Crippen LogP contribution is 2.22. The van der Waals surface area contributed by atoms with Gasteiger partial charge >= 0.3 is 6.03 Å². The van der Waals surface area contributed by atoms with Gasteiger partial charge in [-0.1, -0.05) is 0 Å². The molecule has 8 heteroatoms. The summed E-state index contributed by atoms with van der Waals surface area (Å²) in [6, 6.07) is 8.25. The summed E-state index contributed by atoms with van der Waals surface area (Å²) in [6.45, 7) is 1.89. The fraction of sp³-hybridized carbons (Fsp3) is 0.400. The Kier molecular flexibility index (Phi) is 4.51. The maximum Gasteiger partial charge on any atom is 0.326 e. The fourth-order valence-electron chi connectivity index (χ4n) is 3.59. The van der Waals surface area contributed by atoms with Crippen molar-refractivity contribution in [3.8, 4) is 6.07 Å². The van der Waals surface area contributed by atoms with Crippen LogP contribution in [0, 0.1) is 11.3 Å². The second kappa shape index (κ2) is 7.00. The van der Waals surface area contributed by atoms with E-state index in [4.69, 9.17) is 5.26 Å². The molecule has 1 aliphatic heterocycles. The van der Waals surface area contributed by atoms with Gasteiger partial charge < -0.3 is 15.5 Å². The molecule has 1 aromatic heterocycles. The number of nitrogens with one attached hydrogen (secondary N) is 2. The summed E-state index contributed by atoms with van der Waals surface area (Å²) in [5.41, 5.74) is 1.15. The first-order valence-corrected chi connectivity index (χ1v) is 9.38. The Morgan fingerprint density at radius 1 is 1.25 bits per heavy atom. The third-order valence-electron chi connectivity index (χ3n) is 5.31. The van der Waals surface area contributed by atoms with Crippen LogP contribution in [0.1, 0.15) is 36.5 Å². The summed E-state index contributed by atoms with van der Waals surface area (Å²) in [5.74, 6) is -0.576. The molecule has 1 aromatic carbocycles. The highest BCUT2D eigenvalue weighted by molar-refractivity contribution is 6.02. The Labute approximate surface area is 162 Å². The minimum Gasteiger partial charge on any atom is -0.340 e. The molecule has 144 valence electrons. The number of hydrogen-bond acceptors (Lipinski definition) is 4. The molecule has 1 saturated heterocycles. The standard InChI is InChI=1S/C20H21N5O3/c1-12-10-16(19(27)24(12)9-7-21)23-18(26)14-2-5-17-13(11-14)6-8-25(17)20(28)22-15-3-4-15/h2,5-6,8,11-12,15-16H,3-4,9-10H2,1H3,(H,22,28)(H,23,26). The summed E-state index contributed by atoms with van der Waals surface area (Å²) in [4.78, 5) is 38.7. The van der Waals surface area contributed by atoms with Crippen molar-refractivity contribution in [3.05, 3.63) is 36.0 Å². The number of hydrogen-bond donors (Lipinski definition) is 2. The van der Waals surface area contributed by atoms with Crippen molar-refractivity contribution in [2.24, 2.45) is 0 Å². The predicted molar refractivity (Wildman–Crippen MR) is 102 cm³/mol. The van der Waals surface area contributed by atoms with Crippen molar-refractivity contribution in [2.75, 3.05) is 6.54 Å². The fourth-order valence-corrected chi connectivity index (χ4v) is 3.59. The number of amides is 3. The van der Waals surface area contributed by atoms with E-state index >= 15 is 0 Å². The number of aromatic nitrogens is 1. The summed E-state index contributed by atoms with van der Waals surface area (Å²) in [7, 11) is 0. The Bertz CT molecular complexity index is 1000. The number of fused-ring (bicyclic) bond motifs is 1. The van der Waals surface area contributed by atoms with E-state index in [1.807, 2.05) is 13.0 Å². The molecule has 2 atom stereocenters. The molecule has 0 radical (unpaired) electrons. The molecule has 8 nitrogen and oxygen atoms in total. The SMILES string of the molecule is CC1CC(NC(=O)c2ccc3c(ccn3C(=O)NC3CC3)c2)C(=O)N1CC#N. The smallest absolute Gasteiger partial charge is 0.326 e. The van der Waals surface area contributed by atoms with Crippen molar-refractivity contribution in [1.82, 2.24) is 20.1 Å². The molecule has 0 bridgehead atoms. The van der Waals surface area contributed by atoms with E-state index in [1.165, 1.54) is 9.47 Å². The van der Waals surface area contributed by atoms with E-state index in [0.29, 0.717) is 12.0 Å². The Morgan fingerprint density at radius 3 is 2.75 bits per heavy atom. The zero-order chi connectivity index (χ0) is 19.8. The zero-order valence-corrected chi connectivity index (χ0v) is 15.5. The van der Waals surface area contributed by atoms with Crippen LogP contribution in [0.25, 0.3) is 10.9 Å². The van der Waals surface area contributed by atoms with E-state index in [9.17, 15) is 14.4 Å². The Morgan fingerprint density at radius 2 is 2.04 bits per heavy atom. The van der Waals surface area contributed by atoms with Gasteiger partial charge in [0.05, 0.1) is 11.6 Å². The normalized spacial score (nSPS) is 21.6. The third-order valence-corrected chi connectivity index (χ3v) is 5.31. The van der Waals surface area contributed by atoms with Gasteiger partial charge in [-0.25, -0.2) is 4.79 Å². The van der Waals surface area contributed by atoms with Crippen LogP contribution in [0.15, 0.2) is 30.5 Å². The average Bonchev–Trinajstić information content (AvgIpc) is 3.32. The third kappa shape index (κ3) is 3.31. The highest BCUT2D eigenvalue weighted by atomic mass is 16.2. The van der Waals surface area contributed by atoms with Crippen molar-refractivity contribution in [3.63, 3.8) is 0 Å². The molecule has 4 rings (SSSR count). The summed E-state index contributed by atoms with van der Waals surface area (Å²) < 4.78 is 1.54. The first-order chi connectivity index (χ1) is 13.5. The van der Waals surface area contributed by atoms with Crippen LogP contribution in [-0.2, 0) is 4.79 Å². The van der Waals surface area contributed by atoms with Crippen LogP contribution in [0.3, 0.4) is 0 Å². The lowest BCUT2D eigenvalue weighted by Gasteiger charge is -2.17. The lowest BCUT2D eigenvalue weighted by atomic mass is 10.1. The van der Waals surface area contributed by atoms with Gasteiger partial charge in [-0.3, -0.25) is 14.2 Å². The van der Waals surface area contributed by atoms with Crippen LogP contribution in [0.5, 0.6) is 0 Å². The predicted octanol–water partition coefficient (Wildman–Crippen LogP) is 1.60. The summed E-state index contributed by atoms with van der Waals surface area (Å²) in [5, 5.41) is 15.3. The molecule has 2 aliphatic rings. The van der Waals surface area contributed by atoms with E-state index in [1.54, 1.807) is 30.5 Å². The van der Waals surface area contributed by atoms with Gasteiger partial charge in [0.15, 0.2) is 0 Å². The minimum absolute atomic E-state index is 0.0226.